The Labute approximate surface area is 61.1 Å². The van der Waals surface area contributed by atoms with Gasteiger partial charge in [-0.25, -0.2) is 0 Å². The zero-order valence-corrected chi connectivity index (χ0v) is 6.42. The minimum Gasteiger partial charge on any atom is -0.370 e. The summed E-state index contributed by atoms with van der Waals surface area (Å²) >= 11 is 2.99. The highest BCUT2D eigenvalue weighted by Gasteiger charge is 2.25. The van der Waals surface area contributed by atoms with Gasteiger partial charge in [-0.1, -0.05) is 0 Å². The zero-order valence-electron chi connectivity index (χ0n) is 4.84. The van der Waals surface area contributed by atoms with Gasteiger partial charge in [0.25, 0.3) is 5.91 Å². The van der Waals surface area contributed by atoms with Gasteiger partial charge >= 0.3 is 0 Å². The maximum absolute atomic E-state index is 10.8. The fourth-order valence-corrected chi connectivity index (χ4v) is 1.12. The van der Waals surface area contributed by atoms with Crippen molar-refractivity contribution < 1.29 is 9.90 Å². The molecule has 4 heteroatoms. The molecule has 0 aromatic carbocycles. The maximum atomic E-state index is 10.8. The first-order chi connectivity index (χ1) is 4.13. The molecule has 50 valence electrons. The smallest absolute Gasteiger partial charge is 0.262 e. The monoisotopic (exact) mass is 191 g/mol. The van der Waals surface area contributed by atoms with Gasteiger partial charge in [0.15, 0.2) is 0 Å². The fraction of sp³-hybridized carbons (Fsp3) is 0.400. The van der Waals surface area contributed by atoms with Crippen LogP contribution in [0.15, 0.2) is 10.6 Å². The molecule has 0 spiro atoms. The van der Waals surface area contributed by atoms with E-state index in [0.717, 1.165) is 0 Å². The summed E-state index contributed by atoms with van der Waals surface area (Å²) in [5.41, 5.74) is 0. The van der Waals surface area contributed by atoms with Crippen molar-refractivity contribution in [1.82, 2.24) is 4.90 Å². The van der Waals surface area contributed by atoms with Crippen LogP contribution in [-0.4, -0.2) is 29.2 Å². The van der Waals surface area contributed by atoms with E-state index in [9.17, 15) is 4.79 Å². The number of likely N-dealkylation sites (N-methyl/N-ethyl adjacent to an activating group) is 1. The Hall–Kier alpha value is -0.350. The van der Waals surface area contributed by atoms with Crippen LogP contribution in [-0.2, 0) is 4.79 Å². The van der Waals surface area contributed by atoms with Gasteiger partial charge in [0.2, 0.25) is 0 Å². The summed E-state index contributed by atoms with van der Waals surface area (Å²) in [4.78, 5) is 12.0. The third-order valence-corrected chi connectivity index (χ3v) is 1.82. The summed E-state index contributed by atoms with van der Waals surface area (Å²) in [6, 6.07) is 0. The minimum absolute atomic E-state index is 0.178. The van der Waals surface area contributed by atoms with E-state index >= 15 is 0 Å². The summed E-state index contributed by atoms with van der Waals surface area (Å²) in [5, 5.41) is 8.94. The average Bonchev–Trinajstić information content (AvgIpc) is 1.98. The molecule has 1 aliphatic rings. The number of nitrogens with zero attached hydrogens (tertiary/aromatic N) is 1. The van der Waals surface area contributed by atoms with Gasteiger partial charge in [0.05, 0.1) is 4.48 Å². The number of halogens is 1. The molecule has 1 amide bonds. The molecule has 0 aromatic rings. The van der Waals surface area contributed by atoms with Crippen LogP contribution in [0, 0.1) is 0 Å². The van der Waals surface area contributed by atoms with Gasteiger partial charge in [-0.2, -0.15) is 0 Å². The Balaban J connectivity index is 2.82. The Morgan fingerprint density at radius 2 is 2.44 bits per heavy atom. The van der Waals surface area contributed by atoms with Crippen LogP contribution in [0.5, 0.6) is 0 Å². The zero-order chi connectivity index (χ0) is 7.02. The molecular weight excluding hydrogens is 186 g/mol. The predicted molar refractivity (Wildman–Crippen MR) is 35.8 cm³/mol. The van der Waals surface area contributed by atoms with Gasteiger partial charge in [0.1, 0.15) is 6.23 Å². The fourth-order valence-electron chi connectivity index (χ4n) is 0.603. The Kier molecular flexibility index (Phi) is 1.59. The summed E-state index contributed by atoms with van der Waals surface area (Å²) < 4.78 is 0.428. The molecule has 0 fully saturated rings. The van der Waals surface area contributed by atoms with Crippen molar-refractivity contribution in [2.75, 3.05) is 7.05 Å². The molecule has 1 atom stereocenters. The van der Waals surface area contributed by atoms with Crippen LogP contribution in [0.4, 0.5) is 0 Å². The van der Waals surface area contributed by atoms with Gasteiger partial charge in [0, 0.05) is 7.05 Å². The number of rotatable bonds is 0. The molecule has 1 N–H and O–H groups in total. The number of carbonyl (C=O) groups excluding carboxylic acids is 1. The quantitative estimate of drug-likeness (QED) is 0.589. The van der Waals surface area contributed by atoms with E-state index < -0.39 is 6.23 Å². The maximum Gasteiger partial charge on any atom is 0.262 e. The van der Waals surface area contributed by atoms with Crippen molar-refractivity contribution in [1.29, 1.82) is 0 Å². The molecule has 0 saturated heterocycles. The molecule has 0 aromatic heterocycles. The number of aliphatic hydroxyl groups excluding tert-OH is 1. The van der Waals surface area contributed by atoms with Crippen LogP contribution in [0.2, 0.25) is 0 Å². The standard InChI is InChI=1S/C5H6BrNO2/c1-7-4(8)2-3(6)5(7)9/h2,4,8H,1H3. The van der Waals surface area contributed by atoms with E-state index in [1.165, 1.54) is 18.0 Å². The molecule has 1 unspecified atom stereocenters. The Morgan fingerprint density at radius 1 is 1.89 bits per heavy atom. The van der Waals surface area contributed by atoms with Crippen molar-refractivity contribution in [3.63, 3.8) is 0 Å². The van der Waals surface area contributed by atoms with E-state index in [1.807, 2.05) is 0 Å². The molecule has 9 heavy (non-hydrogen) atoms. The number of hydrogen-bond donors (Lipinski definition) is 1. The third kappa shape index (κ3) is 0.997. The third-order valence-electron chi connectivity index (χ3n) is 1.22. The van der Waals surface area contributed by atoms with E-state index in [0.29, 0.717) is 4.48 Å². The Bertz CT molecular complexity index is 178. The molecular formula is C5H6BrNO2. The highest BCUT2D eigenvalue weighted by atomic mass is 79.9. The topological polar surface area (TPSA) is 40.5 Å². The van der Waals surface area contributed by atoms with E-state index in [2.05, 4.69) is 15.9 Å². The first-order valence-electron chi connectivity index (χ1n) is 2.45. The second-order valence-electron chi connectivity index (χ2n) is 1.84. The van der Waals surface area contributed by atoms with Gasteiger partial charge < -0.3 is 10.0 Å². The minimum atomic E-state index is -0.758. The molecule has 0 radical (unpaired) electrons. The molecule has 0 saturated carbocycles. The van der Waals surface area contributed by atoms with Gasteiger partial charge in [-0.15, -0.1) is 0 Å². The van der Waals surface area contributed by atoms with Crippen LogP contribution in [0.25, 0.3) is 0 Å². The molecule has 1 heterocycles. The molecule has 1 aliphatic heterocycles. The first-order valence-corrected chi connectivity index (χ1v) is 3.25. The summed E-state index contributed by atoms with van der Waals surface area (Å²) in [6.07, 6.45) is 0.689. The number of aliphatic hydroxyl groups is 1. The molecule has 1 rings (SSSR count). The van der Waals surface area contributed by atoms with Crippen molar-refractivity contribution in [2.45, 2.75) is 6.23 Å². The highest BCUT2D eigenvalue weighted by molar-refractivity contribution is 9.12. The first kappa shape index (κ1) is 6.77. The lowest BCUT2D eigenvalue weighted by atomic mass is 10.5. The van der Waals surface area contributed by atoms with Crippen molar-refractivity contribution >= 4 is 21.8 Å². The van der Waals surface area contributed by atoms with Crippen LogP contribution in [0.1, 0.15) is 0 Å². The van der Waals surface area contributed by atoms with Crippen LogP contribution >= 0.6 is 15.9 Å². The number of amides is 1. The van der Waals surface area contributed by atoms with E-state index in [1.54, 1.807) is 0 Å². The predicted octanol–water partition coefficient (Wildman–Crippen LogP) is 0.0556. The van der Waals surface area contributed by atoms with Crippen molar-refractivity contribution in [3.8, 4) is 0 Å². The highest BCUT2D eigenvalue weighted by Crippen LogP contribution is 2.18. The summed E-state index contributed by atoms with van der Waals surface area (Å²) in [7, 11) is 1.54. The summed E-state index contributed by atoms with van der Waals surface area (Å²) in [6.45, 7) is 0. The van der Waals surface area contributed by atoms with Crippen molar-refractivity contribution in [2.24, 2.45) is 0 Å². The average molecular weight is 192 g/mol. The van der Waals surface area contributed by atoms with Crippen molar-refractivity contribution in [3.05, 3.63) is 10.6 Å². The number of hydrogen-bond acceptors (Lipinski definition) is 2. The van der Waals surface area contributed by atoms with Crippen LogP contribution < -0.4 is 0 Å². The Morgan fingerprint density at radius 3 is 2.56 bits per heavy atom. The molecule has 0 bridgehead atoms. The van der Waals surface area contributed by atoms with Gasteiger partial charge in [-0.05, 0) is 22.0 Å². The normalized spacial score (nSPS) is 27.0. The number of carbonyl (C=O) groups is 1. The van der Waals surface area contributed by atoms with Crippen LogP contribution in [0.3, 0.4) is 0 Å². The van der Waals surface area contributed by atoms with Gasteiger partial charge in [-0.3, -0.25) is 4.79 Å². The second kappa shape index (κ2) is 2.11. The van der Waals surface area contributed by atoms with E-state index in [-0.39, 0.29) is 5.91 Å². The summed E-state index contributed by atoms with van der Waals surface area (Å²) in [5.74, 6) is -0.178. The molecule has 3 nitrogen and oxygen atoms in total. The lowest BCUT2D eigenvalue weighted by molar-refractivity contribution is -0.128. The SMILES string of the molecule is CN1C(=O)C(Br)=CC1O. The van der Waals surface area contributed by atoms with E-state index in [4.69, 9.17) is 5.11 Å². The molecule has 0 aliphatic carbocycles. The second-order valence-corrected chi connectivity index (χ2v) is 2.70. The largest absolute Gasteiger partial charge is 0.370 e. The lowest BCUT2D eigenvalue weighted by Gasteiger charge is -2.12. The lowest BCUT2D eigenvalue weighted by Crippen LogP contribution is -2.29.